The Morgan fingerprint density at radius 2 is 1.78 bits per heavy atom. The van der Waals surface area contributed by atoms with Gasteiger partial charge in [-0.2, -0.15) is 0 Å². The molecule has 5 rings (SSSR count). The maximum Gasteiger partial charge on any atom is 0.251 e. The first-order valence-electron chi connectivity index (χ1n) is 13.4. The van der Waals surface area contributed by atoms with E-state index in [1.54, 1.807) is 12.1 Å². The third-order valence-corrected chi connectivity index (χ3v) is 8.39. The van der Waals surface area contributed by atoms with E-state index in [0.717, 1.165) is 70.5 Å². The summed E-state index contributed by atoms with van der Waals surface area (Å²) >= 11 is 0. The van der Waals surface area contributed by atoms with Gasteiger partial charge in [0.15, 0.2) is 5.78 Å². The van der Waals surface area contributed by atoms with Crippen LogP contribution in [0.15, 0.2) is 24.3 Å². The van der Waals surface area contributed by atoms with Crippen LogP contribution in [0.2, 0.25) is 0 Å². The monoisotopic (exact) mass is 500 g/mol. The Kier molecular flexibility index (Phi) is 7.57. The van der Waals surface area contributed by atoms with Crippen molar-refractivity contribution in [1.82, 2.24) is 15.1 Å². The number of halogens is 1. The van der Waals surface area contributed by atoms with Crippen LogP contribution in [0, 0.1) is 5.92 Å². The minimum absolute atomic E-state index is 0.0288. The predicted molar refractivity (Wildman–Crippen MR) is 134 cm³/mol. The summed E-state index contributed by atoms with van der Waals surface area (Å²) in [6.07, 6.45) is 2.45. The zero-order chi connectivity index (χ0) is 25.2. The Labute approximate surface area is 212 Å². The van der Waals surface area contributed by atoms with Crippen LogP contribution in [-0.4, -0.2) is 97.6 Å². The van der Waals surface area contributed by atoms with Crippen LogP contribution in [0.4, 0.5) is 10.1 Å². The first kappa shape index (κ1) is 25.1. The lowest BCUT2D eigenvalue weighted by Crippen LogP contribution is -2.55. The third kappa shape index (κ3) is 5.00. The number of nitrogens with one attached hydrogen (secondary N) is 1. The average molecular weight is 501 g/mol. The summed E-state index contributed by atoms with van der Waals surface area (Å²) in [5, 5.41) is 2.98. The number of alkyl halides is 1. The van der Waals surface area contributed by atoms with Crippen LogP contribution in [-0.2, 0) is 14.3 Å². The molecule has 3 heterocycles. The highest BCUT2D eigenvalue weighted by Crippen LogP contribution is 2.33. The summed E-state index contributed by atoms with van der Waals surface area (Å²) in [7, 11) is 0. The van der Waals surface area contributed by atoms with Gasteiger partial charge in [0.2, 0.25) is 5.91 Å². The Balaban J connectivity index is 1.29. The largest absolute Gasteiger partial charge is 0.369 e. The van der Waals surface area contributed by atoms with E-state index in [0.29, 0.717) is 5.56 Å². The lowest BCUT2D eigenvalue weighted by atomic mass is 9.83. The molecule has 0 spiro atoms. The van der Waals surface area contributed by atoms with Crippen LogP contribution in [0.3, 0.4) is 0 Å². The predicted octanol–water partition coefficient (Wildman–Crippen LogP) is 2.02. The van der Waals surface area contributed by atoms with Crippen molar-refractivity contribution in [1.29, 1.82) is 0 Å². The van der Waals surface area contributed by atoms with Crippen LogP contribution >= 0.6 is 0 Å². The van der Waals surface area contributed by atoms with Gasteiger partial charge in [-0.1, -0.05) is 26.2 Å². The van der Waals surface area contributed by atoms with E-state index in [-0.39, 0.29) is 36.7 Å². The maximum absolute atomic E-state index is 14.6. The van der Waals surface area contributed by atoms with E-state index in [2.05, 4.69) is 22.0 Å². The molecule has 0 unspecified atom stereocenters. The topological polar surface area (TPSA) is 82.2 Å². The van der Waals surface area contributed by atoms with Crippen molar-refractivity contribution in [3.8, 4) is 0 Å². The lowest BCUT2D eigenvalue weighted by Gasteiger charge is -2.35. The number of hydrogen-bond acceptors (Lipinski definition) is 6. The standard InChI is InChI=1S/C27H37FN4O4/c1-2-30-12-14-31(15-13-30)20-10-8-19(9-11-20)26(34)29-23(18-6-4-3-5-7-18)27(35)32-16-21(28)25-24(32)22(33)17-36-25/h8-11,18,21,23-25H,2-7,12-17H2,1H3,(H,29,34)/t21-,23-,24+,25+/m0/s1. The SMILES string of the molecule is CCN1CCN(c2ccc(C(=O)N[C@H](C(=O)N3C[C@H](F)[C@H]4OCC(=O)[C@H]43)C3CCCCC3)cc2)CC1. The summed E-state index contributed by atoms with van der Waals surface area (Å²) in [5.74, 6) is -0.978. The van der Waals surface area contributed by atoms with Crippen LogP contribution in [0.1, 0.15) is 49.4 Å². The summed E-state index contributed by atoms with van der Waals surface area (Å²) in [6, 6.07) is 5.86. The summed E-state index contributed by atoms with van der Waals surface area (Å²) in [4.78, 5) is 45.4. The minimum atomic E-state index is -1.39. The van der Waals surface area contributed by atoms with Crippen molar-refractivity contribution in [2.75, 3.05) is 50.8 Å². The molecule has 0 aromatic heterocycles. The molecule has 1 saturated carbocycles. The number of fused-ring (bicyclic) bond motifs is 1. The molecule has 1 aromatic carbocycles. The summed E-state index contributed by atoms with van der Waals surface area (Å²) in [6.45, 7) is 6.84. The van der Waals surface area contributed by atoms with E-state index >= 15 is 0 Å². The number of amides is 2. The fourth-order valence-electron chi connectivity index (χ4n) is 6.22. The second kappa shape index (κ2) is 10.8. The number of ether oxygens (including phenoxy) is 1. The molecular weight excluding hydrogens is 463 g/mol. The van der Waals surface area contributed by atoms with Gasteiger partial charge in [-0.3, -0.25) is 14.4 Å². The van der Waals surface area contributed by atoms with Gasteiger partial charge in [-0.25, -0.2) is 4.39 Å². The van der Waals surface area contributed by atoms with Gasteiger partial charge in [-0.15, -0.1) is 0 Å². The zero-order valence-electron chi connectivity index (χ0n) is 21.0. The van der Waals surface area contributed by atoms with Crippen molar-refractivity contribution in [3.63, 3.8) is 0 Å². The van der Waals surface area contributed by atoms with Crippen molar-refractivity contribution in [3.05, 3.63) is 29.8 Å². The number of rotatable bonds is 6. The van der Waals surface area contributed by atoms with Crippen LogP contribution < -0.4 is 10.2 Å². The summed E-state index contributed by atoms with van der Waals surface area (Å²) < 4.78 is 19.9. The Morgan fingerprint density at radius 3 is 2.44 bits per heavy atom. The van der Waals surface area contributed by atoms with E-state index in [9.17, 15) is 18.8 Å². The molecule has 0 bridgehead atoms. The number of Topliss-reactive ketones (excluding diaryl/α,β-unsaturated/α-hetero) is 1. The average Bonchev–Trinajstić information content (AvgIpc) is 3.47. The van der Waals surface area contributed by atoms with Gasteiger partial charge in [0.1, 0.15) is 31.0 Å². The molecule has 4 fully saturated rings. The second-order valence-corrected chi connectivity index (χ2v) is 10.5. The van der Waals surface area contributed by atoms with Crippen LogP contribution in [0.25, 0.3) is 0 Å². The fourth-order valence-corrected chi connectivity index (χ4v) is 6.22. The molecule has 2 amide bonds. The number of anilines is 1. The molecule has 0 radical (unpaired) electrons. The number of nitrogens with zero attached hydrogens (tertiary/aromatic N) is 3. The molecule has 196 valence electrons. The van der Waals surface area contributed by atoms with Gasteiger partial charge in [0.05, 0.1) is 6.54 Å². The minimum Gasteiger partial charge on any atom is -0.369 e. The van der Waals surface area contributed by atoms with Crippen molar-refractivity contribution in [2.45, 2.75) is 63.4 Å². The molecule has 1 N–H and O–H groups in total. The van der Waals surface area contributed by atoms with Crippen molar-refractivity contribution >= 4 is 23.3 Å². The molecule has 3 saturated heterocycles. The number of likely N-dealkylation sites (tertiary alicyclic amines) is 1. The zero-order valence-corrected chi connectivity index (χ0v) is 21.0. The van der Waals surface area contributed by atoms with Crippen molar-refractivity contribution < 1.29 is 23.5 Å². The number of hydrogen-bond donors (Lipinski definition) is 1. The highest BCUT2D eigenvalue weighted by atomic mass is 19.1. The molecule has 1 aliphatic carbocycles. The molecule has 36 heavy (non-hydrogen) atoms. The van der Waals surface area contributed by atoms with Gasteiger partial charge >= 0.3 is 0 Å². The van der Waals surface area contributed by atoms with Gasteiger partial charge in [-0.05, 0) is 49.6 Å². The third-order valence-electron chi connectivity index (χ3n) is 8.39. The molecular formula is C27H37FN4O4. The molecule has 1 aromatic rings. The smallest absolute Gasteiger partial charge is 0.251 e. The molecule has 4 atom stereocenters. The van der Waals surface area contributed by atoms with E-state index in [1.165, 1.54) is 4.90 Å². The number of carbonyl (C=O) groups is 3. The van der Waals surface area contributed by atoms with Crippen LogP contribution in [0.5, 0.6) is 0 Å². The fraction of sp³-hybridized carbons (Fsp3) is 0.667. The Morgan fingerprint density at radius 1 is 1.08 bits per heavy atom. The second-order valence-electron chi connectivity index (χ2n) is 10.5. The first-order chi connectivity index (χ1) is 17.5. The maximum atomic E-state index is 14.6. The quantitative estimate of drug-likeness (QED) is 0.644. The number of likely N-dealkylation sites (N-methyl/N-ethyl adjacent to an activating group) is 1. The lowest BCUT2D eigenvalue weighted by molar-refractivity contribution is -0.139. The van der Waals surface area contributed by atoms with Gasteiger partial charge in [0, 0.05) is 37.4 Å². The Bertz CT molecular complexity index is 959. The number of piperazine rings is 1. The molecule has 4 aliphatic rings. The van der Waals surface area contributed by atoms with E-state index in [4.69, 9.17) is 4.74 Å². The summed E-state index contributed by atoms with van der Waals surface area (Å²) in [5.41, 5.74) is 1.57. The first-order valence-corrected chi connectivity index (χ1v) is 13.4. The number of ketones is 1. The highest BCUT2D eigenvalue weighted by Gasteiger charge is 2.54. The number of benzene rings is 1. The molecule has 8 nitrogen and oxygen atoms in total. The molecule has 3 aliphatic heterocycles. The van der Waals surface area contributed by atoms with E-state index in [1.807, 2.05) is 12.1 Å². The van der Waals surface area contributed by atoms with E-state index < -0.39 is 24.4 Å². The van der Waals surface area contributed by atoms with Crippen molar-refractivity contribution in [2.24, 2.45) is 5.92 Å². The highest BCUT2D eigenvalue weighted by molar-refractivity contribution is 5.99. The normalized spacial score (nSPS) is 28.3. The number of carbonyl (C=O) groups excluding carboxylic acids is 3. The molecule has 9 heteroatoms. The Hall–Kier alpha value is -2.52. The van der Waals surface area contributed by atoms with Gasteiger partial charge in [0.25, 0.3) is 5.91 Å². The van der Waals surface area contributed by atoms with Gasteiger partial charge < -0.3 is 24.8 Å².